The molecule has 4 nitrogen and oxygen atoms in total. The predicted molar refractivity (Wildman–Crippen MR) is 73.4 cm³/mol. The average Bonchev–Trinajstić information content (AvgIpc) is 2.37. The maximum Gasteiger partial charge on any atom is 0.237 e. The van der Waals surface area contributed by atoms with Crippen LogP contribution in [0.1, 0.15) is 47.0 Å². The van der Waals surface area contributed by atoms with Crippen LogP contribution in [0.4, 0.5) is 0 Å². The highest BCUT2D eigenvalue weighted by molar-refractivity contribution is 5.81. The van der Waals surface area contributed by atoms with E-state index in [1.54, 1.807) is 0 Å². The fraction of sp³-hybridized carbons (Fsp3) is 0.929. The van der Waals surface area contributed by atoms with E-state index in [1.165, 1.54) is 0 Å². The molecule has 18 heavy (non-hydrogen) atoms. The summed E-state index contributed by atoms with van der Waals surface area (Å²) < 4.78 is 0. The SMILES string of the molecule is CCC(C)NC(=O)C(C)N1CCCC(C)(CO)C1. The molecule has 1 aliphatic rings. The van der Waals surface area contributed by atoms with Crippen LogP contribution in [0.15, 0.2) is 0 Å². The monoisotopic (exact) mass is 256 g/mol. The number of piperidine rings is 1. The first-order chi connectivity index (χ1) is 8.41. The van der Waals surface area contributed by atoms with Crippen molar-refractivity contribution in [1.29, 1.82) is 0 Å². The van der Waals surface area contributed by atoms with Crippen LogP contribution in [0.2, 0.25) is 0 Å². The van der Waals surface area contributed by atoms with Gasteiger partial charge in [-0.15, -0.1) is 0 Å². The van der Waals surface area contributed by atoms with E-state index >= 15 is 0 Å². The summed E-state index contributed by atoms with van der Waals surface area (Å²) in [5, 5.41) is 12.5. The number of carbonyl (C=O) groups excluding carboxylic acids is 1. The Bertz CT molecular complexity index is 283. The second kappa shape index (κ2) is 6.53. The lowest BCUT2D eigenvalue weighted by Gasteiger charge is -2.41. The van der Waals surface area contributed by atoms with Gasteiger partial charge < -0.3 is 10.4 Å². The molecule has 1 heterocycles. The Hall–Kier alpha value is -0.610. The number of aliphatic hydroxyl groups excluding tert-OH is 1. The van der Waals surface area contributed by atoms with Crippen LogP contribution in [0.5, 0.6) is 0 Å². The fourth-order valence-electron chi connectivity index (χ4n) is 2.45. The normalized spacial score (nSPS) is 28.7. The summed E-state index contributed by atoms with van der Waals surface area (Å²) in [4.78, 5) is 14.3. The first kappa shape index (κ1) is 15.4. The molecule has 0 radical (unpaired) electrons. The molecule has 0 aliphatic carbocycles. The Morgan fingerprint density at radius 2 is 2.17 bits per heavy atom. The van der Waals surface area contributed by atoms with Crippen molar-refractivity contribution >= 4 is 5.91 Å². The first-order valence-corrected chi connectivity index (χ1v) is 7.07. The number of nitrogens with one attached hydrogen (secondary N) is 1. The van der Waals surface area contributed by atoms with Crippen molar-refractivity contribution in [3.05, 3.63) is 0 Å². The number of amides is 1. The van der Waals surface area contributed by atoms with Gasteiger partial charge >= 0.3 is 0 Å². The van der Waals surface area contributed by atoms with Crippen molar-refractivity contribution in [3.63, 3.8) is 0 Å². The lowest BCUT2D eigenvalue weighted by atomic mass is 9.82. The zero-order valence-corrected chi connectivity index (χ0v) is 12.2. The largest absolute Gasteiger partial charge is 0.396 e. The van der Waals surface area contributed by atoms with E-state index in [0.717, 1.165) is 32.4 Å². The minimum atomic E-state index is -0.106. The minimum absolute atomic E-state index is 0.0524. The minimum Gasteiger partial charge on any atom is -0.396 e. The molecule has 0 aromatic carbocycles. The van der Waals surface area contributed by atoms with E-state index in [1.807, 2.05) is 13.8 Å². The third-order valence-electron chi connectivity index (χ3n) is 4.12. The van der Waals surface area contributed by atoms with Crippen LogP contribution in [0, 0.1) is 5.41 Å². The van der Waals surface area contributed by atoms with Gasteiger partial charge in [0.15, 0.2) is 0 Å². The summed E-state index contributed by atoms with van der Waals surface area (Å²) in [5.41, 5.74) is -0.0524. The van der Waals surface area contributed by atoms with Crippen molar-refractivity contribution in [2.24, 2.45) is 5.41 Å². The average molecular weight is 256 g/mol. The quantitative estimate of drug-likeness (QED) is 0.781. The van der Waals surface area contributed by atoms with E-state index in [9.17, 15) is 9.90 Å². The molecule has 0 saturated carbocycles. The van der Waals surface area contributed by atoms with Gasteiger partial charge in [0.25, 0.3) is 0 Å². The Balaban J connectivity index is 2.55. The lowest BCUT2D eigenvalue weighted by Crippen LogP contribution is -2.53. The molecular formula is C14H28N2O2. The Kier molecular flexibility index (Phi) is 5.60. The highest BCUT2D eigenvalue weighted by Gasteiger charge is 2.34. The topological polar surface area (TPSA) is 52.6 Å². The number of carbonyl (C=O) groups is 1. The van der Waals surface area contributed by atoms with Gasteiger partial charge in [0, 0.05) is 24.6 Å². The summed E-state index contributed by atoms with van der Waals surface area (Å²) in [5.74, 6) is 0.103. The fourth-order valence-corrected chi connectivity index (χ4v) is 2.45. The zero-order valence-electron chi connectivity index (χ0n) is 12.2. The first-order valence-electron chi connectivity index (χ1n) is 7.07. The molecule has 0 bridgehead atoms. The Morgan fingerprint density at radius 3 is 2.72 bits per heavy atom. The molecular weight excluding hydrogens is 228 g/mol. The highest BCUT2D eigenvalue weighted by Crippen LogP contribution is 2.29. The highest BCUT2D eigenvalue weighted by atomic mass is 16.3. The molecule has 0 spiro atoms. The molecule has 1 amide bonds. The zero-order chi connectivity index (χ0) is 13.8. The molecule has 1 aliphatic heterocycles. The van der Waals surface area contributed by atoms with Crippen molar-refractivity contribution in [3.8, 4) is 0 Å². The van der Waals surface area contributed by atoms with Gasteiger partial charge in [0.2, 0.25) is 5.91 Å². The smallest absolute Gasteiger partial charge is 0.237 e. The molecule has 3 atom stereocenters. The molecule has 0 aromatic heterocycles. The van der Waals surface area contributed by atoms with E-state index in [4.69, 9.17) is 0 Å². The molecule has 3 unspecified atom stereocenters. The van der Waals surface area contributed by atoms with E-state index in [2.05, 4.69) is 24.1 Å². The van der Waals surface area contributed by atoms with E-state index in [0.29, 0.717) is 0 Å². The van der Waals surface area contributed by atoms with Gasteiger partial charge in [-0.05, 0) is 39.7 Å². The summed E-state index contributed by atoms with van der Waals surface area (Å²) in [6, 6.07) is 0.124. The van der Waals surface area contributed by atoms with Gasteiger partial charge in [-0.1, -0.05) is 13.8 Å². The lowest BCUT2D eigenvalue weighted by molar-refractivity contribution is -0.128. The number of aliphatic hydroxyl groups is 1. The Labute approximate surface area is 111 Å². The number of hydrogen-bond acceptors (Lipinski definition) is 3. The van der Waals surface area contributed by atoms with Gasteiger partial charge in [0.1, 0.15) is 0 Å². The molecule has 1 saturated heterocycles. The van der Waals surface area contributed by atoms with Gasteiger partial charge in [-0.25, -0.2) is 0 Å². The molecule has 106 valence electrons. The van der Waals surface area contributed by atoms with Crippen molar-refractivity contribution in [2.75, 3.05) is 19.7 Å². The van der Waals surface area contributed by atoms with Crippen LogP contribution >= 0.6 is 0 Å². The maximum absolute atomic E-state index is 12.1. The Morgan fingerprint density at radius 1 is 1.50 bits per heavy atom. The number of likely N-dealkylation sites (tertiary alicyclic amines) is 1. The molecule has 2 N–H and O–H groups in total. The number of nitrogens with zero attached hydrogens (tertiary/aromatic N) is 1. The van der Waals surface area contributed by atoms with Crippen molar-refractivity contribution < 1.29 is 9.90 Å². The van der Waals surface area contributed by atoms with Crippen LogP contribution in [0.3, 0.4) is 0 Å². The van der Waals surface area contributed by atoms with E-state index < -0.39 is 0 Å². The second-order valence-corrected chi connectivity index (χ2v) is 6.04. The standard InChI is InChI=1S/C14H28N2O2/c1-5-11(2)15-13(18)12(3)16-8-6-7-14(4,9-16)10-17/h11-12,17H,5-10H2,1-4H3,(H,15,18). The molecule has 1 fully saturated rings. The van der Waals surface area contributed by atoms with Crippen LogP contribution in [-0.2, 0) is 4.79 Å². The van der Waals surface area contributed by atoms with Gasteiger partial charge in [0.05, 0.1) is 6.04 Å². The van der Waals surface area contributed by atoms with E-state index in [-0.39, 0.29) is 30.0 Å². The molecule has 4 heteroatoms. The van der Waals surface area contributed by atoms with Crippen LogP contribution in [0.25, 0.3) is 0 Å². The third kappa shape index (κ3) is 3.95. The molecule has 0 aromatic rings. The maximum atomic E-state index is 12.1. The van der Waals surface area contributed by atoms with Crippen molar-refractivity contribution in [1.82, 2.24) is 10.2 Å². The predicted octanol–water partition coefficient (Wildman–Crippen LogP) is 1.38. The van der Waals surface area contributed by atoms with Crippen LogP contribution < -0.4 is 5.32 Å². The van der Waals surface area contributed by atoms with Crippen molar-refractivity contribution in [2.45, 2.75) is 59.0 Å². The second-order valence-electron chi connectivity index (χ2n) is 6.04. The number of hydrogen-bond donors (Lipinski definition) is 2. The number of rotatable bonds is 5. The summed E-state index contributed by atoms with van der Waals surface area (Å²) >= 11 is 0. The summed E-state index contributed by atoms with van der Waals surface area (Å²) in [6.07, 6.45) is 3.05. The van der Waals surface area contributed by atoms with Gasteiger partial charge in [-0.2, -0.15) is 0 Å². The van der Waals surface area contributed by atoms with Crippen LogP contribution in [-0.4, -0.2) is 47.7 Å². The van der Waals surface area contributed by atoms with Gasteiger partial charge in [-0.3, -0.25) is 9.69 Å². The summed E-state index contributed by atoms with van der Waals surface area (Å²) in [7, 11) is 0. The molecule has 1 rings (SSSR count). The summed E-state index contributed by atoms with van der Waals surface area (Å²) in [6.45, 7) is 10.1. The third-order valence-corrected chi connectivity index (χ3v) is 4.12.